The topological polar surface area (TPSA) is 28.7 Å². The quantitative estimate of drug-likeness (QED) is 0.667. The van der Waals surface area contributed by atoms with Gasteiger partial charge in [0.25, 0.3) is 0 Å². The maximum Gasteiger partial charge on any atom is 0.139 e. The predicted molar refractivity (Wildman–Crippen MR) is 76.0 cm³/mol. The van der Waals surface area contributed by atoms with Gasteiger partial charge in [-0.25, -0.2) is 4.98 Å². The third-order valence-corrected chi connectivity index (χ3v) is 3.50. The fraction of sp³-hybridized carbons (Fsp3) is 0.231. The van der Waals surface area contributed by atoms with E-state index >= 15 is 0 Å². The summed E-state index contributed by atoms with van der Waals surface area (Å²) in [6.45, 7) is 2.10. The minimum absolute atomic E-state index is 0.643. The SMILES string of the molecule is CCc1cc(=S)nc(-c2ccc(SC)cc2)[nH]1. The fourth-order valence-electron chi connectivity index (χ4n) is 1.58. The molecule has 1 aromatic carbocycles. The number of benzene rings is 1. The summed E-state index contributed by atoms with van der Waals surface area (Å²) in [7, 11) is 0. The molecule has 0 amide bonds. The highest BCUT2D eigenvalue weighted by atomic mass is 32.2. The third kappa shape index (κ3) is 2.96. The van der Waals surface area contributed by atoms with E-state index in [1.54, 1.807) is 11.8 Å². The van der Waals surface area contributed by atoms with Crippen LogP contribution in [-0.2, 0) is 6.42 Å². The molecule has 0 atom stereocenters. The van der Waals surface area contributed by atoms with Gasteiger partial charge in [-0.3, -0.25) is 0 Å². The number of aryl methyl sites for hydroxylation is 1. The van der Waals surface area contributed by atoms with E-state index in [0.29, 0.717) is 4.64 Å². The van der Waals surface area contributed by atoms with E-state index in [2.05, 4.69) is 47.4 Å². The Morgan fingerprint density at radius 3 is 2.59 bits per heavy atom. The molecule has 4 heteroatoms. The molecule has 0 saturated heterocycles. The fourth-order valence-corrected chi connectivity index (χ4v) is 2.23. The van der Waals surface area contributed by atoms with Crippen molar-refractivity contribution in [2.24, 2.45) is 0 Å². The van der Waals surface area contributed by atoms with Crippen LogP contribution in [0.1, 0.15) is 12.6 Å². The highest BCUT2D eigenvalue weighted by molar-refractivity contribution is 7.98. The van der Waals surface area contributed by atoms with Gasteiger partial charge >= 0.3 is 0 Å². The van der Waals surface area contributed by atoms with E-state index in [0.717, 1.165) is 23.5 Å². The monoisotopic (exact) mass is 262 g/mol. The number of rotatable bonds is 3. The molecule has 0 saturated carbocycles. The Balaban J connectivity index is 2.44. The molecule has 0 aliphatic rings. The van der Waals surface area contributed by atoms with Crippen LogP contribution in [0.5, 0.6) is 0 Å². The van der Waals surface area contributed by atoms with Crippen LogP contribution in [0.4, 0.5) is 0 Å². The molecule has 0 spiro atoms. The molecule has 0 aliphatic carbocycles. The highest BCUT2D eigenvalue weighted by Gasteiger charge is 2.01. The number of aromatic nitrogens is 2. The highest BCUT2D eigenvalue weighted by Crippen LogP contribution is 2.20. The average molecular weight is 262 g/mol. The van der Waals surface area contributed by atoms with Crippen molar-refractivity contribution in [2.75, 3.05) is 6.26 Å². The normalized spacial score (nSPS) is 10.5. The molecule has 1 N–H and O–H groups in total. The molecule has 0 unspecified atom stereocenters. The number of H-pyrrole nitrogens is 1. The van der Waals surface area contributed by atoms with Gasteiger partial charge in [0.15, 0.2) is 0 Å². The maximum atomic E-state index is 5.17. The van der Waals surface area contributed by atoms with E-state index in [1.807, 2.05) is 6.07 Å². The lowest BCUT2D eigenvalue weighted by Crippen LogP contribution is -1.94. The molecule has 0 fully saturated rings. The van der Waals surface area contributed by atoms with Gasteiger partial charge in [0.05, 0.1) is 0 Å². The summed E-state index contributed by atoms with van der Waals surface area (Å²) in [6, 6.07) is 10.2. The Kier molecular flexibility index (Phi) is 3.97. The van der Waals surface area contributed by atoms with Gasteiger partial charge in [-0.2, -0.15) is 0 Å². The Morgan fingerprint density at radius 1 is 1.29 bits per heavy atom. The zero-order chi connectivity index (χ0) is 12.3. The van der Waals surface area contributed by atoms with Crippen molar-refractivity contribution in [3.05, 3.63) is 40.7 Å². The van der Waals surface area contributed by atoms with Gasteiger partial charge in [0.2, 0.25) is 0 Å². The molecule has 0 aliphatic heterocycles. The maximum absolute atomic E-state index is 5.17. The summed E-state index contributed by atoms with van der Waals surface area (Å²) in [5.74, 6) is 0.849. The predicted octanol–water partition coefficient (Wildman–Crippen LogP) is 4.09. The largest absolute Gasteiger partial charge is 0.343 e. The first kappa shape index (κ1) is 12.3. The van der Waals surface area contributed by atoms with Crippen molar-refractivity contribution in [1.82, 2.24) is 9.97 Å². The minimum Gasteiger partial charge on any atom is -0.343 e. The summed E-state index contributed by atoms with van der Waals surface area (Å²) in [6.07, 6.45) is 3.00. The number of hydrogen-bond acceptors (Lipinski definition) is 3. The molecule has 2 aromatic rings. The molecule has 0 bridgehead atoms. The second-order valence-corrected chi connectivity index (χ2v) is 4.97. The van der Waals surface area contributed by atoms with Gasteiger partial charge in [-0.05, 0) is 30.9 Å². The summed E-state index contributed by atoms with van der Waals surface area (Å²) in [5.41, 5.74) is 2.19. The molecule has 2 nitrogen and oxygen atoms in total. The Morgan fingerprint density at radius 2 is 2.00 bits per heavy atom. The summed E-state index contributed by atoms with van der Waals surface area (Å²) < 4.78 is 0.643. The van der Waals surface area contributed by atoms with Crippen LogP contribution in [0.3, 0.4) is 0 Å². The molecule has 1 aromatic heterocycles. The van der Waals surface area contributed by atoms with Crippen molar-refractivity contribution < 1.29 is 0 Å². The summed E-state index contributed by atoms with van der Waals surface area (Å²) in [5, 5.41) is 0. The van der Waals surface area contributed by atoms with Gasteiger partial charge in [0.1, 0.15) is 10.5 Å². The molecule has 17 heavy (non-hydrogen) atoms. The second-order valence-electron chi connectivity index (χ2n) is 3.68. The Labute approximate surface area is 111 Å². The first-order valence-electron chi connectivity index (χ1n) is 5.47. The first-order chi connectivity index (χ1) is 8.22. The van der Waals surface area contributed by atoms with Crippen LogP contribution >= 0.6 is 24.0 Å². The third-order valence-electron chi connectivity index (χ3n) is 2.54. The minimum atomic E-state index is 0.643. The molecule has 88 valence electrons. The second kappa shape index (κ2) is 5.47. The molecular formula is C13H14N2S2. The number of nitrogens with one attached hydrogen (secondary N) is 1. The molecule has 0 radical (unpaired) electrons. The van der Waals surface area contributed by atoms with E-state index < -0.39 is 0 Å². The number of hydrogen-bond donors (Lipinski definition) is 1. The van der Waals surface area contributed by atoms with E-state index in [-0.39, 0.29) is 0 Å². The number of thioether (sulfide) groups is 1. The van der Waals surface area contributed by atoms with E-state index in [1.165, 1.54) is 4.90 Å². The molecular weight excluding hydrogens is 248 g/mol. The van der Waals surface area contributed by atoms with E-state index in [9.17, 15) is 0 Å². The number of aromatic amines is 1. The van der Waals surface area contributed by atoms with Crippen LogP contribution in [0.2, 0.25) is 0 Å². The smallest absolute Gasteiger partial charge is 0.139 e. The van der Waals surface area contributed by atoms with Gasteiger partial charge in [-0.1, -0.05) is 31.3 Å². The zero-order valence-corrected chi connectivity index (χ0v) is 11.5. The van der Waals surface area contributed by atoms with Gasteiger partial charge < -0.3 is 4.98 Å². The Hall–Kier alpha value is -1.13. The van der Waals surface area contributed by atoms with Crippen molar-refractivity contribution >= 4 is 24.0 Å². The lowest BCUT2D eigenvalue weighted by atomic mass is 10.2. The van der Waals surface area contributed by atoms with Crippen LogP contribution in [0.25, 0.3) is 11.4 Å². The van der Waals surface area contributed by atoms with Crippen LogP contribution in [-0.4, -0.2) is 16.2 Å². The number of nitrogens with zero attached hydrogens (tertiary/aromatic N) is 1. The van der Waals surface area contributed by atoms with Gasteiger partial charge in [-0.15, -0.1) is 11.8 Å². The summed E-state index contributed by atoms with van der Waals surface area (Å²) in [4.78, 5) is 8.91. The first-order valence-corrected chi connectivity index (χ1v) is 7.11. The lowest BCUT2D eigenvalue weighted by Gasteiger charge is -2.05. The Bertz CT molecular complexity index is 558. The van der Waals surface area contributed by atoms with Crippen molar-refractivity contribution in [3.8, 4) is 11.4 Å². The van der Waals surface area contributed by atoms with Gasteiger partial charge in [0, 0.05) is 16.2 Å². The average Bonchev–Trinajstić information content (AvgIpc) is 2.38. The standard InChI is InChI=1S/C13H14N2S2/c1-3-10-8-12(16)15-13(14-10)9-4-6-11(17-2)7-5-9/h4-8H,3H2,1-2H3,(H,14,15,16). The zero-order valence-electron chi connectivity index (χ0n) is 9.86. The van der Waals surface area contributed by atoms with Crippen molar-refractivity contribution in [3.63, 3.8) is 0 Å². The van der Waals surface area contributed by atoms with Crippen molar-refractivity contribution in [1.29, 1.82) is 0 Å². The van der Waals surface area contributed by atoms with Crippen LogP contribution in [0, 0.1) is 4.64 Å². The van der Waals surface area contributed by atoms with Crippen LogP contribution in [0.15, 0.2) is 35.2 Å². The molecule has 2 rings (SSSR count). The molecule has 1 heterocycles. The van der Waals surface area contributed by atoms with Crippen molar-refractivity contribution in [2.45, 2.75) is 18.2 Å². The lowest BCUT2D eigenvalue weighted by molar-refractivity contribution is 0.999. The van der Waals surface area contributed by atoms with Crippen LogP contribution < -0.4 is 0 Å². The summed E-state index contributed by atoms with van der Waals surface area (Å²) >= 11 is 6.90. The van der Waals surface area contributed by atoms with E-state index in [4.69, 9.17) is 12.2 Å².